The largest absolute Gasteiger partial charge is 0.497 e. The van der Waals surface area contributed by atoms with Crippen molar-refractivity contribution in [2.45, 2.75) is 59.0 Å². The van der Waals surface area contributed by atoms with Crippen molar-refractivity contribution in [1.82, 2.24) is 10.2 Å². The molecule has 1 atom stereocenters. The molecule has 6 nitrogen and oxygen atoms in total. The Bertz CT molecular complexity index is 851. The fourth-order valence-electron chi connectivity index (χ4n) is 3.52. The molecule has 2 rings (SSSR count). The highest BCUT2D eigenvalue weighted by molar-refractivity contribution is 5.87. The van der Waals surface area contributed by atoms with Gasteiger partial charge in [0.25, 0.3) is 0 Å². The molecule has 0 unspecified atom stereocenters. The van der Waals surface area contributed by atoms with Crippen molar-refractivity contribution in [3.05, 3.63) is 59.7 Å². The van der Waals surface area contributed by atoms with Crippen molar-refractivity contribution in [2.24, 2.45) is 0 Å². The molecular weight excluding hydrogens is 404 g/mol. The van der Waals surface area contributed by atoms with E-state index in [0.717, 1.165) is 29.0 Å². The first-order valence-corrected chi connectivity index (χ1v) is 11.4. The number of methoxy groups -OCH3 is 1. The van der Waals surface area contributed by atoms with Crippen LogP contribution in [0.2, 0.25) is 0 Å². The van der Waals surface area contributed by atoms with E-state index in [-0.39, 0.29) is 11.8 Å². The maximum absolute atomic E-state index is 13.2. The zero-order valence-corrected chi connectivity index (χ0v) is 19.7. The summed E-state index contributed by atoms with van der Waals surface area (Å²) < 4.78 is 10.9. The van der Waals surface area contributed by atoms with E-state index < -0.39 is 6.04 Å². The second kappa shape index (κ2) is 13.4. The molecule has 2 aromatic rings. The summed E-state index contributed by atoms with van der Waals surface area (Å²) in [6.45, 7) is 7.43. The number of rotatable bonds is 13. The van der Waals surface area contributed by atoms with Gasteiger partial charge >= 0.3 is 0 Å². The summed E-state index contributed by atoms with van der Waals surface area (Å²) in [6, 6.07) is 14.9. The van der Waals surface area contributed by atoms with E-state index in [0.29, 0.717) is 39.0 Å². The molecule has 0 aliphatic heterocycles. The molecule has 1 N–H and O–H groups in total. The van der Waals surface area contributed by atoms with E-state index >= 15 is 0 Å². The monoisotopic (exact) mass is 440 g/mol. The number of carbonyl (C=O) groups is 2. The van der Waals surface area contributed by atoms with Crippen LogP contribution in [0.25, 0.3) is 0 Å². The average Bonchev–Trinajstić information content (AvgIpc) is 2.80. The number of aryl methyl sites for hydroxylation is 1. The van der Waals surface area contributed by atoms with Crippen LogP contribution in [0.15, 0.2) is 48.5 Å². The molecule has 6 heteroatoms. The number of hydrogen-bond acceptors (Lipinski definition) is 4. The van der Waals surface area contributed by atoms with Crippen LogP contribution in [-0.2, 0) is 16.1 Å². The molecule has 2 aromatic carbocycles. The molecule has 0 radical (unpaired) electrons. The number of amides is 2. The minimum Gasteiger partial charge on any atom is -0.497 e. The van der Waals surface area contributed by atoms with E-state index in [1.54, 1.807) is 12.0 Å². The fourth-order valence-corrected chi connectivity index (χ4v) is 3.52. The molecule has 0 aliphatic rings. The van der Waals surface area contributed by atoms with Crippen molar-refractivity contribution < 1.29 is 19.1 Å². The van der Waals surface area contributed by atoms with E-state index in [4.69, 9.17) is 9.47 Å². The van der Waals surface area contributed by atoms with Crippen LogP contribution in [0, 0.1) is 6.92 Å². The number of nitrogens with one attached hydrogen (secondary N) is 1. The standard InChI is InChI=1S/C26H36N2O4/c1-5-16-27-26(30)24(6-2)28(19-21-10-7-9-20(3)18-21)25(29)11-8-17-32-23-14-12-22(31-4)13-15-23/h7,9-10,12-15,18,24H,5-6,8,11,16-17,19H2,1-4H3,(H,27,30)/t24-/m1/s1. The van der Waals surface area contributed by atoms with Crippen LogP contribution in [0.3, 0.4) is 0 Å². The Hall–Kier alpha value is -3.02. The molecule has 0 saturated heterocycles. The Morgan fingerprint density at radius 2 is 1.78 bits per heavy atom. The molecule has 0 spiro atoms. The predicted molar refractivity (Wildman–Crippen MR) is 127 cm³/mol. The van der Waals surface area contributed by atoms with Gasteiger partial charge in [-0.2, -0.15) is 0 Å². The number of benzene rings is 2. The van der Waals surface area contributed by atoms with Gasteiger partial charge in [0, 0.05) is 19.5 Å². The second-order valence-electron chi connectivity index (χ2n) is 7.85. The minimum absolute atomic E-state index is 0.0386. The Balaban J connectivity index is 2.02. The van der Waals surface area contributed by atoms with Crippen LogP contribution >= 0.6 is 0 Å². The topological polar surface area (TPSA) is 67.9 Å². The summed E-state index contributed by atoms with van der Waals surface area (Å²) in [5.41, 5.74) is 2.15. The zero-order chi connectivity index (χ0) is 23.3. The molecule has 32 heavy (non-hydrogen) atoms. The van der Waals surface area contributed by atoms with Crippen LogP contribution in [0.4, 0.5) is 0 Å². The fraction of sp³-hybridized carbons (Fsp3) is 0.462. The summed E-state index contributed by atoms with van der Waals surface area (Å²) in [5, 5.41) is 2.95. The van der Waals surface area contributed by atoms with Gasteiger partial charge in [-0.05, 0) is 56.0 Å². The third kappa shape index (κ3) is 7.91. The van der Waals surface area contributed by atoms with Gasteiger partial charge in [-0.15, -0.1) is 0 Å². The van der Waals surface area contributed by atoms with Crippen LogP contribution in [0.1, 0.15) is 50.7 Å². The highest BCUT2D eigenvalue weighted by atomic mass is 16.5. The third-order valence-electron chi connectivity index (χ3n) is 5.23. The van der Waals surface area contributed by atoms with Crippen molar-refractivity contribution in [3.63, 3.8) is 0 Å². The van der Waals surface area contributed by atoms with E-state index in [1.807, 2.05) is 63.2 Å². The highest BCUT2D eigenvalue weighted by Crippen LogP contribution is 2.18. The quantitative estimate of drug-likeness (QED) is 0.466. The third-order valence-corrected chi connectivity index (χ3v) is 5.23. The lowest BCUT2D eigenvalue weighted by molar-refractivity contribution is -0.141. The van der Waals surface area contributed by atoms with Gasteiger partial charge in [-0.25, -0.2) is 0 Å². The summed E-state index contributed by atoms with van der Waals surface area (Å²) in [6.07, 6.45) is 2.31. The van der Waals surface area contributed by atoms with Crippen molar-refractivity contribution in [3.8, 4) is 11.5 Å². The van der Waals surface area contributed by atoms with Gasteiger partial charge in [-0.1, -0.05) is 43.7 Å². The molecule has 174 valence electrons. The minimum atomic E-state index is -0.489. The van der Waals surface area contributed by atoms with Gasteiger partial charge in [0.1, 0.15) is 17.5 Å². The number of nitrogens with zero attached hydrogens (tertiary/aromatic N) is 1. The molecule has 2 amide bonds. The first-order chi connectivity index (χ1) is 15.5. The first kappa shape index (κ1) is 25.2. The normalized spacial score (nSPS) is 11.5. The maximum Gasteiger partial charge on any atom is 0.242 e. The molecular formula is C26H36N2O4. The summed E-state index contributed by atoms with van der Waals surface area (Å²) >= 11 is 0. The Kier molecular flexibility index (Phi) is 10.6. The van der Waals surface area contributed by atoms with Crippen LogP contribution in [-0.4, -0.2) is 43.0 Å². The number of hydrogen-bond donors (Lipinski definition) is 1. The van der Waals surface area contributed by atoms with Crippen molar-refractivity contribution in [2.75, 3.05) is 20.3 Å². The predicted octanol–water partition coefficient (Wildman–Crippen LogP) is 4.50. The summed E-state index contributed by atoms with van der Waals surface area (Å²) in [7, 11) is 1.62. The van der Waals surface area contributed by atoms with Crippen LogP contribution in [0.5, 0.6) is 11.5 Å². The molecule has 0 aliphatic carbocycles. The molecule has 0 fully saturated rings. The molecule has 0 saturated carbocycles. The lowest BCUT2D eigenvalue weighted by atomic mass is 10.1. The van der Waals surface area contributed by atoms with E-state index in [9.17, 15) is 9.59 Å². The molecule has 0 heterocycles. The maximum atomic E-state index is 13.2. The van der Waals surface area contributed by atoms with Crippen molar-refractivity contribution in [1.29, 1.82) is 0 Å². The smallest absolute Gasteiger partial charge is 0.242 e. The van der Waals surface area contributed by atoms with Gasteiger partial charge in [0.15, 0.2) is 0 Å². The summed E-state index contributed by atoms with van der Waals surface area (Å²) in [5.74, 6) is 1.37. The lowest BCUT2D eigenvalue weighted by Gasteiger charge is -2.31. The van der Waals surface area contributed by atoms with Gasteiger partial charge < -0.3 is 19.7 Å². The van der Waals surface area contributed by atoms with E-state index in [2.05, 4.69) is 11.4 Å². The molecule has 0 bridgehead atoms. The Morgan fingerprint density at radius 3 is 2.41 bits per heavy atom. The van der Waals surface area contributed by atoms with Gasteiger partial charge in [-0.3, -0.25) is 9.59 Å². The number of carbonyl (C=O) groups excluding carboxylic acids is 2. The number of ether oxygens (including phenoxy) is 2. The zero-order valence-electron chi connectivity index (χ0n) is 19.7. The first-order valence-electron chi connectivity index (χ1n) is 11.4. The Labute approximate surface area is 191 Å². The average molecular weight is 441 g/mol. The van der Waals surface area contributed by atoms with Crippen LogP contribution < -0.4 is 14.8 Å². The van der Waals surface area contributed by atoms with E-state index in [1.165, 1.54) is 0 Å². The van der Waals surface area contributed by atoms with Gasteiger partial charge in [0.05, 0.1) is 13.7 Å². The van der Waals surface area contributed by atoms with Gasteiger partial charge in [0.2, 0.25) is 11.8 Å². The Morgan fingerprint density at radius 1 is 1.06 bits per heavy atom. The van der Waals surface area contributed by atoms with Crippen molar-refractivity contribution >= 4 is 11.8 Å². The molecule has 0 aromatic heterocycles. The second-order valence-corrected chi connectivity index (χ2v) is 7.85. The summed E-state index contributed by atoms with van der Waals surface area (Å²) in [4.78, 5) is 27.7. The highest BCUT2D eigenvalue weighted by Gasteiger charge is 2.28. The lowest BCUT2D eigenvalue weighted by Crippen LogP contribution is -2.49. The SMILES string of the molecule is CCCNC(=O)[C@@H](CC)N(Cc1cccc(C)c1)C(=O)CCCOc1ccc(OC)cc1.